The van der Waals surface area contributed by atoms with Crippen molar-refractivity contribution in [2.24, 2.45) is 4.99 Å². The fraction of sp³-hybridized carbons (Fsp3) is 0.333. The summed E-state index contributed by atoms with van der Waals surface area (Å²) >= 11 is 1.58. The monoisotopic (exact) mass is 328 g/mol. The fourth-order valence-electron chi connectivity index (χ4n) is 2.66. The third-order valence-corrected chi connectivity index (χ3v) is 4.90. The maximum absolute atomic E-state index is 12.0. The van der Waals surface area contributed by atoms with Crippen molar-refractivity contribution in [1.29, 1.82) is 0 Å². The molecule has 0 atom stereocenters. The van der Waals surface area contributed by atoms with Gasteiger partial charge in [0.25, 0.3) is 0 Å². The van der Waals surface area contributed by atoms with E-state index in [0.717, 1.165) is 16.7 Å². The van der Waals surface area contributed by atoms with E-state index in [1.807, 2.05) is 19.1 Å². The average Bonchev–Trinajstić information content (AvgIpc) is 2.90. The van der Waals surface area contributed by atoms with Gasteiger partial charge < -0.3 is 9.30 Å². The third-order valence-electron chi connectivity index (χ3n) is 3.78. The van der Waals surface area contributed by atoms with E-state index in [2.05, 4.69) is 33.8 Å². The smallest absolute Gasteiger partial charge is 0.248 e. The molecule has 0 aliphatic rings. The van der Waals surface area contributed by atoms with E-state index in [4.69, 9.17) is 4.74 Å². The van der Waals surface area contributed by atoms with Gasteiger partial charge in [-0.1, -0.05) is 48.6 Å². The van der Waals surface area contributed by atoms with Gasteiger partial charge in [0, 0.05) is 25.5 Å². The number of fused-ring (bicyclic) bond motifs is 3. The van der Waals surface area contributed by atoms with Crippen LogP contribution in [0.25, 0.3) is 21.0 Å². The summed E-state index contributed by atoms with van der Waals surface area (Å²) in [5.41, 5.74) is 1.11. The van der Waals surface area contributed by atoms with Crippen molar-refractivity contribution in [2.75, 3.05) is 13.7 Å². The van der Waals surface area contributed by atoms with Crippen molar-refractivity contribution in [1.82, 2.24) is 4.57 Å². The minimum Gasteiger partial charge on any atom is -0.383 e. The average molecular weight is 328 g/mol. The van der Waals surface area contributed by atoms with Crippen LogP contribution in [0, 0.1) is 0 Å². The van der Waals surface area contributed by atoms with Crippen molar-refractivity contribution in [3.05, 3.63) is 41.2 Å². The fourth-order valence-corrected chi connectivity index (χ4v) is 3.87. The Bertz CT molecular complexity index is 908. The molecular formula is C18H20N2O2S. The molecule has 0 saturated carbocycles. The summed E-state index contributed by atoms with van der Waals surface area (Å²) in [5.74, 6) is -0.0606. The van der Waals surface area contributed by atoms with Crippen LogP contribution < -0.4 is 4.80 Å². The first kappa shape index (κ1) is 15.9. The molecule has 2 aromatic carbocycles. The quantitative estimate of drug-likeness (QED) is 0.716. The SMILES string of the molecule is CCCC(=O)N=c1sc2c3ccccc3ccc2n1CCOC. The summed E-state index contributed by atoms with van der Waals surface area (Å²) in [6.45, 7) is 3.27. The highest BCUT2D eigenvalue weighted by Gasteiger charge is 2.10. The summed E-state index contributed by atoms with van der Waals surface area (Å²) in [6.07, 6.45) is 1.30. The Morgan fingerprint density at radius 3 is 2.87 bits per heavy atom. The predicted octanol–water partition coefficient (Wildman–Crippen LogP) is 3.73. The van der Waals surface area contributed by atoms with E-state index in [1.165, 1.54) is 15.5 Å². The molecule has 0 aliphatic carbocycles. The molecule has 0 aliphatic heterocycles. The topological polar surface area (TPSA) is 43.6 Å². The molecule has 1 heterocycles. The molecule has 1 aromatic heterocycles. The number of ether oxygens (including phenoxy) is 1. The first-order chi connectivity index (χ1) is 11.2. The van der Waals surface area contributed by atoms with Crippen molar-refractivity contribution in [3.63, 3.8) is 0 Å². The minimum atomic E-state index is -0.0606. The Labute approximate surface area is 139 Å². The summed E-state index contributed by atoms with van der Waals surface area (Å²) in [5, 5.41) is 2.40. The molecule has 1 amide bonds. The summed E-state index contributed by atoms with van der Waals surface area (Å²) in [7, 11) is 1.68. The number of hydrogen-bond acceptors (Lipinski definition) is 3. The van der Waals surface area contributed by atoms with Crippen molar-refractivity contribution < 1.29 is 9.53 Å². The Morgan fingerprint density at radius 2 is 2.09 bits per heavy atom. The highest BCUT2D eigenvalue weighted by molar-refractivity contribution is 7.17. The predicted molar refractivity (Wildman–Crippen MR) is 94.7 cm³/mol. The maximum atomic E-state index is 12.0. The van der Waals surface area contributed by atoms with Crippen molar-refractivity contribution in [3.8, 4) is 0 Å². The number of rotatable bonds is 5. The Kier molecular flexibility index (Phi) is 4.88. The van der Waals surface area contributed by atoms with Crippen LogP contribution in [0.4, 0.5) is 0 Å². The number of carbonyl (C=O) groups excluding carboxylic acids is 1. The first-order valence-electron chi connectivity index (χ1n) is 7.82. The lowest BCUT2D eigenvalue weighted by Crippen LogP contribution is -2.19. The lowest BCUT2D eigenvalue weighted by atomic mass is 10.1. The molecule has 3 rings (SSSR count). The van der Waals surface area contributed by atoms with Crippen LogP contribution in [0.5, 0.6) is 0 Å². The number of hydrogen-bond donors (Lipinski definition) is 0. The van der Waals surface area contributed by atoms with Crippen LogP contribution >= 0.6 is 11.3 Å². The number of methoxy groups -OCH3 is 1. The van der Waals surface area contributed by atoms with E-state index >= 15 is 0 Å². The van der Waals surface area contributed by atoms with Crippen LogP contribution in [-0.4, -0.2) is 24.2 Å². The van der Waals surface area contributed by atoms with Crippen molar-refractivity contribution >= 4 is 38.2 Å². The number of nitrogens with zero attached hydrogens (tertiary/aromatic N) is 2. The standard InChI is InChI=1S/C18H20N2O2S/c1-3-6-16(21)19-18-20(11-12-22-2)15-10-9-13-7-4-5-8-14(13)17(15)23-18/h4-5,7-10H,3,6,11-12H2,1-2H3. The summed E-state index contributed by atoms with van der Waals surface area (Å²) in [4.78, 5) is 17.1. The zero-order chi connectivity index (χ0) is 16.2. The normalized spacial score (nSPS) is 12.3. The maximum Gasteiger partial charge on any atom is 0.248 e. The minimum absolute atomic E-state index is 0.0606. The lowest BCUT2D eigenvalue weighted by Gasteiger charge is -2.05. The molecule has 0 fully saturated rings. The third kappa shape index (κ3) is 3.21. The van der Waals surface area contributed by atoms with E-state index in [0.29, 0.717) is 19.6 Å². The van der Waals surface area contributed by atoms with Gasteiger partial charge in [-0.05, 0) is 17.9 Å². The molecular weight excluding hydrogens is 308 g/mol. The van der Waals surface area contributed by atoms with Gasteiger partial charge in [0.2, 0.25) is 5.91 Å². The van der Waals surface area contributed by atoms with Gasteiger partial charge >= 0.3 is 0 Å². The number of thiazole rings is 1. The number of benzene rings is 2. The zero-order valence-electron chi connectivity index (χ0n) is 13.4. The number of carbonyl (C=O) groups is 1. The molecule has 3 aromatic rings. The molecule has 0 unspecified atom stereocenters. The van der Waals surface area contributed by atoms with Crippen LogP contribution in [0.2, 0.25) is 0 Å². The van der Waals surface area contributed by atoms with E-state index < -0.39 is 0 Å². The Hall–Kier alpha value is -1.98. The first-order valence-corrected chi connectivity index (χ1v) is 8.64. The van der Waals surface area contributed by atoms with Crippen molar-refractivity contribution in [2.45, 2.75) is 26.3 Å². The largest absolute Gasteiger partial charge is 0.383 e. The van der Waals surface area contributed by atoms with Gasteiger partial charge in [-0.3, -0.25) is 4.79 Å². The molecule has 4 nitrogen and oxygen atoms in total. The highest BCUT2D eigenvalue weighted by Crippen LogP contribution is 2.27. The highest BCUT2D eigenvalue weighted by atomic mass is 32.1. The Morgan fingerprint density at radius 1 is 1.26 bits per heavy atom. The second-order valence-electron chi connectivity index (χ2n) is 5.42. The zero-order valence-corrected chi connectivity index (χ0v) is 14.2. The molecule has 0 spiro atoms. The van der Waals surface area contributed by atoms with Gasteiger partial charge in [0.1, 0.15) is 0 Å². The van der Waals surface area contributed by atoms with E-state index in [9.17, 15) is 4.79 Å². The second kappa shape index (κ2) is 7.06. The van der Waals surface area contributed by atoms with Gasteiger partial charge in [-0.2, -0.15) is 4.99 Å². The molecule has 120 valence electrons. The molecule has 0 saturated heterocycles. The number of aromatic nitrogens is 1. The van der Waals surface area contributed by atoms with E-state index in [1.54, 1.807) is 18.4 Å². The van der Waals surface area contributed by atoms with Gasteiger partial charge in [0.15, 0.2) is 4.80 Å². The van der Waals surface area contributed by atoms with E-state index in [-0.39, 0.29) is 5.91 Å². The lowest BCUT2D eigenvalue weighted by molar-refractivity contribution is -0.118. The Balaban J connectivity index is 2.25. The summed E-state index contributed by atoms with van der Waals surface area (Å²) in [6, 6.07) is 12.5. The molecule has 0 bridgehead atoms. The second-order valence-corrected chi connectivity index (χ2v) is 6.40. The van der Waals surface area contributed by atoms with Crippen LogP contribution in [0.3, 0.4) is 0 Å². The molecule has 0 N–H and O–H groups in total. The van der Waals surface area contributed by atoms with Gasteiger partial charge in [-0.15, -0.1) is 0 Å². The van der Waals surface area contributed by atoms with Gasteiger partial charge in [-0.25, -0.2) is 0 Å². The summed E-state index contributed by atoms with van der Waals surface area (Å²) < 4.78 is 8.47. The van der Waals surface area contributed by atoms with Crippen LogP contribution in [-0.2, 0) is 16.1 Å². The van der Waals surface area contributed by atoms with Crippen LogP contribution in [0.1, 0.15) is 19.8 Å². The van der Waals surface area contributed by atoms with Gasteiger partial charge in [0.05, 0.1) is 16.8 Å². The number of amides is 1. The molecule has 0 radical (unpaired) electrons. The molecule has 23 heavy (non-hydrogen) atoms. The van der Waals surface area contributed by atoms with Crippen LogP contribution in [0.15, 0.2) is 41.4 Å². The molecule has 5 heteroatoms.